The van der Waals surface area contributed by atoms with Crippen molar-refractivity contribution in [3.05, 3.63) is 61.1 Å². The van der Waals surface area contributed by atoms with Crippen LogP contribution < -0.4 is 25.4 Å². The van der Waals surface area contributed by atoms with Gasteiger partial charge in [0, 0.05) is 9.69 Å². The van der Waals surface area contributed by atoms with E-state index in [-0.39, 0.29) is 29.6 Å². The van der Waals surface area contributed by atoms with Gasteiger partial charge in [0.15, 0.2) is 22.8 Å². The summed E-state index contributed by atoms with van der Waals surface area (Å²) in [5, 5.41) is 21.9. The zero-order valence-corrected chi connectivity index (χ0v) is 17.7. The Bertz CT molecular complexity index is 1280. The Morgan fingerprint density at radius 1 is 1.30 bits per heavy atom. The van der Waals surface area contributed by atoms with Gasteiger partial charge in [0.2, 0.25) is 6.79 Å². The van der Waals surface area contributed by atoms with Crippen LogP contribution in [0.15, 0.2) is 44.9 Å². The number of hydrogen-bond donors (Lipinski definition) is 1. The molecule has 1 N–H and O–H groups in total. The topological polar surface area (TPSA) is 119 Å². The molecule has 0 saturated heterocycles. The molecule has 2 aromatic rings. The number of carbonyl (C=O) groups excluding carboxylic acids is 1. The van der Waals surface area contributed by atoms with Gasteiger partial charge in [-0.25, -0.2) is 5.01 Å². The van der Waals surface area contributed by atoms with Crippen molar-refractivity contribution in [2.75, 3.05) is 13.0 Å². The summed E-state index contributed by atoms with van der Waals surface area (Å²) in [5.41, 5.74) is 0.310. The van der Waals surface area contributed by atoms with Crippen LogP contribution >= 0.6 is 27.7 Å². The summed E-state index contributed by atoms with van der Waals surface area (Å²) in [7, 11) is 0. The van der Waals surface area contributed by atoms with Crippen LogP contribution in [-0.4, -0.2) is 34.1 Å². The van der Waals surface area contributed by atoms with E-state index in [1.54, 1.807) is 24.5 Å². The second kappa shape index (κ2) is 6.99. The van der Waals surface area contributed by atoms with Gasteiger partial charge in [-0.3, -0.25) is 25.2 Å². The van der Waals surface area contributed by atoms with Crippen LogP contribution in [0.5, 0.6) is 11.5 Å². The summed E-state index contributed by atoms with van der Waals surface area (Å²) < 4.78 is 11.5. The van der Waals surface area contributed by atoms with Crippen molar-refractivity contribution in [1.82, 2.24) is 10.3 Å². The fraction of sp³-hybridized carbons (Fsp3) is 0.167. The number of ether oxygens (including phenoxy) is 2. The molecule has 3 aliphatic heterocycles. The van der Waals surface area contributed by atoms with Gasteiger partial charge in [0.25, 0.3) is 11.6 Å². The van der Waals surface area contributed by atoms with Gasteiger partial charge in [0.05, 0.1) is 21.9 Å². The molecule has 0 bridgehead atoms. The summed E-state index contributed by atoms with van der Waals surface area (Å²) in [4.78, 5) is 28.9. The first-order valence-electron chi connectivity index (χ1n) is 8.65. The second-order valence-corrected chi connectivity index (χ2v) is 8.15. The van der Waals surface area contributed by atoms with E-state index >= 15 is 0 Å². The average Bonchev–Trinajstić information content (AvgIpc) is 3.19. The van der Waals surface area contributed by atoms with E-state index in [1.165, 1.54) is 28.9 Å². The van der Waals surface area contributed by atoms with Gasteiger partial charge in [-0.05, 0) is 30.5 Å². The molecule has 0 aliphatic carbocycles. The molecule has 0 spiro atoms. The van der Waals surface area contributed by atoms with E-state index in [0.29, 0.717) is 27.2 Å². The van der Waals surface area contributed by atoms with Crippen molar-refractivity contribution >= 4 is 50.2 Å². The molecule has 2 aromatic carbocycles. The maximum absolute atomic E-state index is 12.9. The van der Waals surface area contributed by atoms with Crippen molar-refractivity contribution in [3.8, 4) is 11.5 Å². The standard InChI is InChI=1S/C18H12BrN5O5S/c1-30-18-21-17(25)15-9-4-8(19)2-3-11(9)20-16(23(15)22-18)10-5-13-14(29-7-28-13)6-12(10)24(26)27/h2-6,16H,7H2,1H3,(H,21,22,25)/t16-/m1/s1. The molecule has 30 heavy (non-hydrogen) atoms. The number of nitro groups is 1. The lowest BCUT2D eigenvalue weighted by Crippen LogP contribution is -2.50. The molecule has 3 heterocycles. The highest BCUT2D eigenvalue weighted by molar-refractivity contribution is 9.10. The molecule has 0 radical (unpaired) electrons. The van der Waals surface area contributed by atoms with E-state index in [0.717, 1.165) is 4.47 Å². The fourth-order valence-corrected chi connectivity index (χ4v) is 4.18. The van der Waals surface area contributed by atoms with Gasteiger partial charge in [0.1, 0.15) is 5.70 Å². The second-order valence-electron chi connectivity index (χ2n) is 6.44. The Kier molecular flexibility index (Phi) is 4.40. The zero-order valence-electron chi connectivity index (χ0n) is 15.3. The number of nitrogens with one attached hydrogen (secondary N) is 1. The molecule has 12 heteroatoms. The van der Waals surface area contributed by atoms with E-state index in [1.807, 2.05) is 0 Å². The summed E-state index contributed by atoms with van der Waals surface area (Å²) in [5.74, 6) is 0.306. The van der Waals surface area contributed by atoms with Crippen molar-refractivity contribution in [2.45, 2.75) is 6.17 Å². The molecule has 0 aromatic heterocycles. The lowest BCUT2D eigenvalue weighted by atomic mass is 10.1. The fourth-order valence-electron chi connectivity index (χ4n) is 3.46. The monoisotopic (exact) mass is 489 g/mol. The molecule has 0 unspecified atom stereocenters. The van der Waals surface area contributed by atoms with E-state index < -0.39 is 11.1 Å². The normalized spacial score (nSPS) is 18.8. The van der Waals surface area contributed by atoms with Crippen molar-refractivity contribution in [3.63, 3.8) is 0 Å². The highest BCUT2D eigenvalue weighted by Crippen LogP contribution is 2.43. The SMILES string of the molecule is CSC1=NN2C(=c3cc(Br)ccc3=N[C@H]2c2cc3c(cc2[N+](=O)[O-])OCO3)C(=O)N1. The number of halogens is 1. The molecule has 152 valence electrons. The predicted molar refractivity (Wildman–Crippen MR) is 111 cm³/mol. The quantitative estimate of drug-likeness (QED) is 0.502. The molecular weight excluding hydrogens is 478 g/mol. The lowest BCUT2D eigenvalue weighted by molar-refractivity contribution is -0.386. The summed E-state index contributed by atoms with van der Waals surface area (Å²) in [6.45, 7) is -0.0210. The number of hydrogen-bond acceptors (Lipinski definition) is 9. The Hall–Kier alpha value is -3.12. The number of hydrazone groups is 1. The van der Waals surface area contributed by atoms with Crippen LogP contribution in [0.4, 0.5) is 5.69 Å². The lowest BCUT2D eigenvalue weighted by Gasteiger charge is -2.33. The van der Waals surface area contributed by atoms with Gasteiger partial charge < -0.3 is 9.47 Å². The van der Waals surface area contributed by atoms with Crippen LogP contribution in [0.1, 0.15) is 11.7 Å². The Morgan fingerprint density at radius 3 is 2.80 bits per heavy atom. The van der Waals surface area contributed by atoms with E-state index in [4.69, 9.17) is 14.5 Å². The van der Waals surface area contributed by atoms with Gasteiger partial charge >= 0.3 is 0 Å². The van der Waals surface area contributed by atoms with Crippen LogP contribution in [-0.2, 0) is 4.79 Å². The number of amidine groups is 1. The number of nitro benzene ring substituents is 1. The van der Waals surface area contributed by atoms with Crippen molar-refractivity contribution in [1.29, 1.82) is 0 Å². The summed E-state index contributed by atoms with van der Waals surface area (Å²) in [6.07, 6.45) is 0.838. The molecule has 10 nitrogen and oxygen atoms in total. The van der Waals surface area contributed by atoms with E-state index in [2.05, 4.69) is 26.3 Å². The minimum atomic E-state index is -0.934. The number of nitrogens with zero attached hydrogens (tertiary/aromatic N) is 4. The molecule has 1 atom stereocenters. The number of thioether (sulfide) groups is 1. The third-order valence-electron chi connectivity index (χ3n) is 4.76. The molecule has 0 fully saturated rings. The minimum absolute atomic E-state index is 0.0210. The number of benzene rings is 2. The average molecular weight is 490 g/mol. The highest BCUT2D eigenvalue weighted by Gasteiger charge is 2.38. The smallest absolute Gasteiger partial charge is 0.280 e. The first-order chi connectivity index (χ1) is 14.5. The molecule has 5 rings (SSSR count). The summed E-state index contributed by atoms with van der Waals surface area (Å²) >= 11 is 4.66. The van der Waals surface area contributed by atoms with Crippen molar-refractivity contribution in [2.24, 2.45) is 10.1 Å². The number of amides is 1. The maximum Gasteiger partial charge on any atom is 0.280 e. The summed E-state index contributed by atoms with van der Waals surface area (Å²) in [6, 6.07) is 8.15. The number of fused-ring (bicyclic) bond motifs is 3. The van der Waals surface area contributed by atoms with Gasteiger partial charge in [-0.1, -0.05) is 27.7 Å². The van der Waals surface area contributed by atoms with Crippen LogP contribution in [0.2, 0.25) is 0 Å². The Morgan fingerprint density at radius 2 is 2.07 bits per heavy atom. The number of carbonyl (C=O) groups is 1. The minimum Gasteiger partial charge on any atom is -0.454 e. The van der Waals surface area contributed by atoms with Crippen molar-refractivity contribution < 1.29 is 19.2 Å². The Balaban J connectivity index is 1.80. The van der Waals surface area contributed by atoms with Crippen LogP contribution in [0, 0.1) is 10.1 Å². The maximum atomic E-state index is 12.9. The first-order valence-corrected chi connectivity index (χ1v) is 10.7. The Labute approximate surface area is 181 Å². The third kappa shape index (κ3) is 2.91. The van der Waals surface area contributed by atoms with Gasteiger partial charge in [-0.2, -0.15) is 0 Å². The number of rotatable bonds is 2. The molecule has 0 saturated carbocycles. The largest absolute Gasteiger partial charge is 0.454 e. The van der Waals surface area contributed by atoms with Crippen LogP contribution in [0.25, 0.3) is 5.70 Å². The molecule has 1 amide bonds. The van der Waals surface area contributed by atoms with Crippen LogP contribution in [0.3, 0.4) is 0 Å². The van der Waals surface area contributed by atoms with E-state index in [9.17, 15) is 14.9 Å². The van der Waals surface area contributed by atoms with Gasteiger partial charge in [-0.15, -0.1) is 5.10 Å². The first kappa shape index (κ1) is 18.9. The highest BCUT2D eigenvalue weighted by atomic mass is 79.9. The third-order valence-corrected chi connectivity index (χ3v) is 5.82. The zero-order chi connectivity index (χ0) is 21.0. The predicted octanol–water partition coefficient (Wildman–Crippen LogP) is 1.59. The molecular formula is C18H12BrN5O5S. The molecule has 3 aliphatic rings.